The molecule has 0 bridgehead atoms. The number of carboxylic acid groups (broad SMARTS) is 1. The molecule has 2 atom stereocenters. The monoisotopic (exact) mass is 265 g/mol. The van der Waals surface area contributed by atoms with Crippen molar-refractivity contribution in [1.82, 2.24) is 4.90 Å². The number of aliphatic hydroxyl groups excluding tert-OH is 1. The Hall–Kier alpha value is -1.75. The van der Waals surface area contributed by atoms with Gasteiger partial charge in [0.05, 0.1) is 19.3 Å². The molecule has 1 amide bonds. The average molecular weight is 265 g/mol. The smallest absolute Gasteiger partial charge is 0.407 e. The van der Waals surface area contributed by atoms with Crippen LogP contribution in [0.1, 0.15) is 30.9 Å². The van der Waals surface area contributed by atoms with Gasteiger partial charge in [-0.2, -0.15) is 0 Å². The quantitative estimate of drug-likeness (QED) is 0.879. The van der Waals surface area contributed by atoms with E-state index in [4.69, 9.17) is 4.74 Å². The summed E-state index contributed by atoms with van der Waals surface area (Å²) < 4.78 is 5.13. The van der Waals surface area contributed by atoms with E-state index >= 15 is 0 Å². The number of carbonyl (C=O) groups is 1. The molecule has 0 saturated carbocycles. The van der Waals surface area contributed by atoms with Crippen molar-refractivity contribution in [3.8, 4) is 5.75 Å². The number of rotatable bonds is 3. The molecule has 1 aromatic rings. The molecule has 0 aliphatic carbocycles. The van der Waals surface area contributed by atoms with Crippen LogP contribution in [-0.2, 0) is 0 Å². The first kappa shape index (κ1) is 13.7. The standard InChI is InChI=1S/C14H19NO4/c1-19-11-6-4-5-10(9-11)13(16)12-7-2-3-8-15(12)14(17)18/h4-6,9,12-13,16H,2-3,7-8H2,1H3,(H,17,18). The van der Waals surface area contributed by atoms with Crippen molar-refractivity contribution in [2.75, 3.05) is 13.7 Å². The lowest BCUT2D eigenvalue weighted by atomic mass is 9.93. The van der Waals surface area contributed by atoms with Gasteiger partial charge in [0.15, 0.2) is 0 Å². The van der Waals surface area contributed by atoms with Crippen LogP contribution in [0, 0.1) is 0 Å². The summed E-state index contributed by atoms with van der Waals surface area (Å²) >= 11 is 0. The van der Waals surface area contributed by atoms with Crippen LogP contribution >= 0.6 is 0 Å². The Morgan fingerprint density at radius 2 is 2.26 bits per heavy atom. The Kier molecular flexibility index (Phi) is 4.27. The lowest BCUT2D eigenvalue weighted by Crippen LogP contribution is -2.46. The summed E-state index contributed by atoms with van der Waals surface area (Å²) in [5.74, 6) is 0.661. The fourth-order valence-corrected chi connectivity index (χ4v) is 2.57. The van der Waals surface area contributed by atoms with Crippen LogP contribution in [0.5, 0.6) is 5.75 Å². The van der Waals surface area contributed by atoms with Gasteiger partial charge in [-0.05, 0) is 37.0 Å². The lowest BCUT2D eigenvalue weighted by Gasteiger charge is -2.36. The largest absolute Gasteiger partial charge is 0.497 e. The zero-order valence-corrected chi connectivity index (χ0v) is 11.0. The maximum absolute atomic E-state index is 11.2. The summed E-state index contributed by atoms with van der Waals surface area (Å²) in [6.07, 6.45) is 0.700. The van der Waals surface area contributed by atoms with Crippen LogP contribution in [0.3, 0.4) is 0 Å². The minimum atomic E-state index is -0.966. The number of ether oxygens (including phenoxy) is 1. The molecule has 1 aliphatic rings. The van der Waals surface area contributed by atoms with E-state index in [0.29, 0.717) is 24.3 Å². The van der Waals surface area contributed by atoms with Crippen molar-refractivity contribution in [1.29, 1.82) is 0 Å². The van der Waals surface area contributed by atoms with Gasteiger partial charge >= 0.3 is 6.09 Å². The molecular weight excluding hydrogens is 246 g/mol. The molecule has 0 spiro atoms. The van der Waals surface area contributed by atoms with Gasteiger partial charge in [0.25, 0.3) is 0 Å². The van der Waals surface area contributed by atoms with Crippen molar-refractivity contribution in [2.24, 2.45) is 0 Å². The van der Waals surface area contributed by atoms with Gasteiger partial charge in [0.1, 0.15) is 5.75 Å². The highest BCUT2D eigenvalue weighted by Crippen LogP contribution is 2.30. The van der Waals surface area contributed by atoms with E-state index in [-0.39, 0.29) is 6.04 Å². The highest BCUT2D eigenvalue weighted by atomic mass is 16.5. The van der Waals surface area contributed by atoms with Crippen molar-refractivity contribution in [3.63, 3.8) is 0 Å². The van der Waals surface area contributed by atoms with E-state index in [1.165, 1.54) is 4.90 Å². The first-order chi connectivity index (χ1) is 9.13. The molecule has 1 aliphatic heterocycles. The summed E-state index contributed by atoms with van der Waals surface area (Å²) in [6.45, 7) is 0.487. The fourth-order valence-electron chi connectivity index (χ4n) is 2.57. The Balaban J connectivity index is 2.20. The number of aliphatic hydroxyl groups is 1. The van der Waals surface area contributed by atoms with E-state index in [0.717, 1.165) is 12.8 Å². The second kappa shape index (κ2) is 5.93. The highest BCUT2D eigenvalue weighted by molar-refractivity contribution is 5.65. The van der Waals surface area contributed by atoms with E-state index in [9.17, 15) is 15.0 Å². The van der Waals surface area contributed by atoms with E-state index in [1.54, 1.807) is 31.4 Å². The highest BCUT2D eigenvalue weighted by Gasteiger charge is 2.32. The van der Waals surface area contributed by atoms with Crippen molar-refractivity contribution >= 4 is 6.09 Å². The molecule has 5 nitrogen and oxygen atoms in total. The van der Waals surface area contributed by atoms with Gasteiger partial charge < -0.3 is 19.8 Å². The van der Waals surface area contributed by atoms with Crippen LogP contribution in [0.15, 0.2) is 24.3 Å². The van der Waals surface area contributed by atoms with E-state index < -0.39 is 12.2 Å². The molecule has 1 fully saturated rings. The summed E-state index contributed by atoms with van der Waals surface area (Å²) in [5.41, 5.74) is 0.692. The first-order valence-electron chi connectivity index (χ1n) is 6.45. The Morgan fingerprint density at radius 3 is 2.95 bits per heavy atom. The normalized spacial score (nSPS) is 20.9. The first-order valence-corrected chi connectivity index (χ1v) is 6.45. The topological polar surface area (TPSA) is 70.0 Å². The number of likely N-dealkylation sites (tertiary alicyclic amines) is 1. The third kappa shape index (κ3) is 2.98. The van der Waals surface area contributed by atoms with Gasteiger partial charge in [0, 0.05) is 6.54 Å². The number of hydrogen-bond acceptors (Lipinski definition) is 3. The fraction of sp³-hybridized carbons (Fsp3) is 0.500. The summed E-state index contributed by atoms with van der Waals surface area (Å²) in [6, 6.07) is 6.76. The minimum absolute atomic E-state index is 0.377. The van der Waals surface area contributed by atoms with Crippen LogP contribution in [0.25, 0.3) is 0 Å². The Labute approximate surface area is 112 Å². The Bertz CT molecular complexity index is 449. The SMILES string of the molecule is COc1cccc(C(O)C2CCCCN2C(=O)O)c1. The molecule has 1 saturated heterocycles. The zero-order chi connectivity index (χ0) is 13.8. The van der Waals surface area contributed by atoms with Crippen LogP contribution in [-0.4, -0.2) is 40.9 Å². The zero-order valence-electron chi connectivity index (χ0n) is 11.0. The number of nitrogens with zero attached hydrogens (tertiary/aromatic N) is 1. The number of amides is 1. The number of methoxy groups -OCH3 is 1. The van der Waals surface area contributed by atoms with Gasteiger partial charge in [-0.15, -0.1) is 0 Å². The molecule has 19 heavy (non-hydrogen) atoms. The molecule has 2 unspecified atom stereocenters. The molecule has 2 N–H and O–H groups in total. The van der Waals surface area contributed by atoms with Gasteiger partial charge in [-0.1, -0.05) is 12.1 Å². The number of hydrogen-bond donors (Lipinski definition) is 2. The summed E-state index contributed by atoms with van der Waals surface area (Å²) in [5, 5.41) is 19.6. The van der Waals surface area contributed by atoms with Crippen LogP contribution < -0.4 is 4.74 Å². The predicted molar refractivity (Wildman–Crippen MR) is 70.3 cm³/mol. The van der Waals surface area contributed by atoms with Crippen molar-refractivity contribution in [3.05, 3.63) is 29.8 Å². The lowest BCUT2D eigenvalue weighted by molar-refractivity contribution is 0.0285. The number of piperidine rings is 1. The summed E-state index contributed by atoms with van der Waals surface area (Å²) in [4.78, 5) is 12.6. The minimum Gasteiger partial charge on any atom is -0.497 e. The molecule has 0 aromatic heterocycles. The second-order valence-electron chi connectivity index (χ2n) is 4.76. The molecule has 104 valence electrons. The molecule has 1 heterocycles. The molecular formula is C14H19NO4. The van der Waals surface area contributed by atoms with Crippen LogP contribution in [0.4, 0.5) is 4.79 Å². The molecule has 2 rings (SSSR count). The predicted octanol–water partition coefficient (Wildman–Crippen LogP) is 2.26. The molecule has 0 radical (unpaired) electrons. The maximum atomic E-state index is 11.2. The maximum Gasteiger partial charge on any atom is 0.407 e. The van der Waals surface area contributed by atoms with Gasteiger partial charge in [-0.3, -0.25) is 0 Å². The van der Waals surface area contributed by atoms with E-state index in [1.807, 2.05) is 0 Å². The Morgan fingerprint density at radius 1 is 1.47 bits per heavy atom. The van der Waals surface area contributed by atoms with Crippen molar-refractivity contribution < 1.29 is 19.7 Å². The van der Waals surface area contributed by atoms with Crippen LogP contribution in [0.2, 0.25) is 0 Å². The summed E-state index contributed by atoms with van der Waals surface area (Å²) in [7, 11) is 1.57. The van der Waals surface area contributed by atoms with E-state index in [2.05, 4.69) is 0 Å². The average Bonchev–Trinajstić information content (AvgIpc) is 2.46. The molecule has 1 aromatic carbocycles. The van der Waals surface area contributed by atoms with Gasteiger partial charge in [-0.25, -0.2) is 4.79 Å². The number of benzene rings is 1. The third-order valence-corrected chi connectivity index (χ3v) is 3.59. The van der Waals surface area contributed by atoms with Crippen molar-refractivity contribution in [2.45, 2.75) is 31.4 Å². The second-order valence-corrected chi connectivity index (χ2v) is 4.76. The molecule has 5 heteroatoms. The third-order valence-electron chi connectivity index (χ3n) is 3.59. The van der Waals surface area contributed by atoms with Gasteiger partial charge in [0.2, 0.25) is 0 Å².